The molecular weight excluding hydrogens is 264 g/mol. The van der Waals surface area contributed by atoms with Gasteiger partial charge in [-0.25, -0.2) is 9.97 Å². The Morgan fingerprint density at radius 3 is 2.86 bits per heavy atom. The molecule has 0 atom stereocenters. The first kappa shape index (κ1) is 15.1. The fourth-order valence-electron chi connectivity index (χ4n) is 2.00. The van der Waals surface area contributed by atoms with Gasteiger partial charge in [-0.1, -0.05) is 19.1 Å². The van der Waals surface area contributed by atoms with Crippen molar-refractivity contribution in [2.45, 2.75) is 26.7 Å². The topological polar surface area (TPSA) is 73.1 Å². The summed E-state index contributed by atoms with van der Waals surface area (Å²) in [5.41, 5.74) is 6.97. The van der Waals surface area contributed by atoms with E-state index in [0.29, 0.717) is 19.0 Å². The first-order chi connectivity index (χ1) is 10.2. The fourth-order valence-corrected chi connectivity index (χ4v) is 2.00. The molecule has 0 radical (unpaired) electrons. The molecule has 5 nitrogen and oxygen atoms in total. The summed E-state index contributed by atoms with van der Waals surface area (Å²) < 4.78 is 5.68. The Bertz CT molecular complexity index is 586. The van der Waals surface area contributed by atoms with Crippen molar-refractivity contribution in [2.24, 2.45) is 0 Å². The summed E-state index contributed by atoms with van der Waals surface area (Å²) in [6.45, 7) is 5.37. The van der Waals surface area contributed by atoms with Gasteiger partial charge in [-0.3, -0.25) is 0 Å². The zero-order valence-electron chi connectivity index (χ0n) is 12.6. The van der Waals surface area contributed by atoms with Crippen molar-refractivity contribution < 1.29 is 4.74 Å². The van der Waals surface area contributed by atoms with E-state index in [4.69, 9.17) is 10.5 Å². The smallest absolute Gasteiger partial charge is 0.133 e. The summed E-state index contributed by atoms with van der Waals surface area (Å²) in [4.78, 5) is 8.63. The van der Waals surface area contributed by atoms with Crippen molar-refractivity contribution >= 4 is 11.6 Å². The van der Waals surface area contributed by atoms with Crippen molar-refractivity contribution in [3.8, 4) is 5.75 Å². The molecule has 3 N–H and O–H groups in total. The number of aryl methyl sites for hydroxylation is 2. The van der Waals surface area contributed by atoms with Gasteiger partial charge in [0.25, 0.3) is 0 Å². The van der Waals surface area contributed by atoms with Crippen LogP contribution >= 0.6 is 0 Å². The second-order valence-corrected chi connectivity index (χ2v) is 4.94. The van der Waals surface area contributed by atoms with Gasteiger partial charge >= 0.3 is 0 Å². The number of nitrogens with zero attached hydrogens (tertiary/aromatic N) is 2. The summed E-state index contributed by atoms with van der Waals surface area (Å²) >= 11 is 0. The van der Waals surface area contributed by atoms with Crippen LogP contribution in [-0.2, 0) is 6.42 Å². The molecule has 1 aromatic carbocycles. The molecule has 0 aliphatic carbocycles. The number of hydrogen-bond acceptors (Lipinski definition) is 5. The highest BCUT2D eigenvalue weighted by Crippen LogP contribution is 2.12. The van der Waals surface area contributed by atoms with E-state index in [2.05, 4.69) is 22.2 Å². The molecule has 0 bridgehead atoms. The maximum Gasteiger partial charge on any atom is 0.133 e. The number of nitrogen functional groups attached to an aromatic ring is 1. The normalized spacial score (nSPS) is 10.4. The number of aromatic nitrogens is 2. The van der Waals surface area contributed by atoms with E-state index in [-0.39, 0.29) is 0 Å². The third-order valence-corrected chi connectivity index (χ3v) is 2.93. The maximum atomic E-state index is 5.78. The van der Waals surface area contributed by atoms with Gasteiger partial charge in [0, 0.05) is 12.5 Å². The van der Waals surface area contributed by atoms with Gasteiger partial charge in [0.05, 0.1) is 6.54 Å². The molecule has 112 valence electrons. The third-order valence-electron chi connectivity index (χ3n) is 2.93. The lowest BCUT2D eigenvalue weighted by Crippen LogP contribution is -2.13. The van der Waals surface area contributed by atoms with Crippen molar-refractivity contribution in [2.75, 3.05) is 24.2 Å². The molecule has 21 heavy (non-hydrogen) atoms. The third kappa shape index (κ3) is 4.95. The van der Waals surface area contributed by atoms with Crippen LogP contribution < -0.4 is 15.8 Å². The van der Waals surface area contributed by atoms with Crippen molar-refractivity contribution in [3.63, 3.8) is 0 Å². The Hall–Kier alpha value is -2.30. The zero-order valence-corrected chi connectivity index (χ0v) is 12.6. The van der Waals surface area contributed by atoms with Crippen LogP contribution in [0.15, 0.2) is 30.3 Å². The van der Waals surface area contributed by atoms with Crippen molar-refractivity contribution in [1.29, 1.82) is 0 Å². The van der Waals surface area contributed by atoms with Crippen LogP contribution in [0.5, 0.6) is 5.75 Å². The van der Waals surface area contributed by atoms with Crippen LogP contribution in [0.4, 0.5) is 11.6 Å². The minimum absolute atomic E-state index is 0.496. The summed E-state index contributed by atoms with van der Waals surface area (Å²) in [6.07, 6.45) is 1.83. The summed E-state index contributed by atoms with van der Waals surface area (Å²) in [7, 11) is 0. The number of rotatable bonds is 7. The van der Waals surface area contributed by atoms with Gasteiger partial charge in [0.2, 0.25) is 0 Å². The molecular formula is C16H22N4O. The highest BCUT2D eigenvalue weighted by atomic mass is 16.5. The van der Waals surface area contributed by atoms with Gasteiger partial charge < -0.3 is 15.8 Å². The lowest BCUT2D eigenvalue weighted by atomic mass is 10.2. The molecule has 0 amide bonds. The molecule has 0 aliphatic rings. The van der Waals surface area contributed by atoms with E-state index in [1.54, 1.807) is 6.07 Å². The van der Waals surface area contributed by atoms with Crippen molar-refractivity contribution in [1.82, 2.24) is 9.97 Å². The number of ether oxygens (including phenoxy) is 1. The van der Waals surface area contributed by atoms with Gasteiger partial charge in [-0.2, -0.15) is 0 Å². The Kier molecular flexibility index (Phi) is 5.37. The van der Waals surface area contributed by atoms with Crippen LogP contribution in [0.2, 0.25) is 0 Å². The number of nitrogens with one attached hydrogen (secondary N) is 1. The van der Waals surface area contributed by atoms with E-state index in [0.717, 1.165) is 30.2 Å². The van der Waals surface area contributed by atoms with Crippen molar-refractivity contribution in [3.05, 3.63) is 41.7 Å². The quantitative estimate of drug-likeness (QED) is 0.766. The molecule has 0 aliphatic heterocycles. The zero-order chi connectivity index (χ0) is 15.1. The van der Waals surface area contributed by atoms with E-state index >= 15 is 0 Å². The standard InChI is InChI=1S/C16H22N4O/c1-3-5-15-19-14(17)11-16(20-15)18-8-9-21-13-7-4-6-12(2)10-13/h4,6-7,10-11H,3,5,8-9H2,1-2H3,(H3,17,18,19,20). The monoisotopic (exact) mass is 286 g/mol. The Morgan fingerprint density at radius 2 is 2.10 bits per heavy atom. The highest BCUT2D eigenvalue weighted by molar-refractivity contribution is 5.44. The first-order valence-corrected chi connectivity index (χ1v) is 7.24. The van der Waals surface area contributed by atoms with E-state index in [9.17, 15) is 0 Å². The number of anilines is 2. The second-order valence-electron chi connectivity index (χ2n) is 4.94. The van der Waals surface area contributed by atoms with E-state index in [1.807, 2.05) is 31.2 Å². The Morgan fingerprint density at radius 1 is 1.24 bits per heavy atom. The molecule has 2 aromatic rings. The fraction of sp³-hybridized carbons (Fsp3) is 0.375. The number of hydrogen-bond donors (Lipinski definition) is 2. The predicted molar refractivity (Wildman–Crippen MR) is 85.6 cm³/mol. The molecule has 1 aromatic heterocycles. The molecule has 0 saturated carbocycles. The largest absolute Gasteiger partial charge is 0.492 e. The predicted octanol–water partition coefficient (Wildman–Crippen LogP) is 2.81. The minimum atomic E-state index is 0.496. The van der Waals surface area contributed by atoms with Crippen LogP contribution in [0.3, 0.4) is 0 Å². The average Bonchev–Trinajstić information content (AvgIpc) is 2.43. The first-order valence-electron chi connectivity index (χ1n) is 7.24. The minimum Gasteiger partial charge on any atom is -0.492 e. The summed E-state index contributed by atoms with van der Waals surface area (Å²) in [5.74, 6) is 2.90. The molecule has 0 unspecified atom stereocenters. The molecule has 1 heterocycles. The summed E-state index contributed by atoms with van der Waals surface area (Å²) in [6, 6.07) is 9.74. The molecule has 5 heteroatoms. The molecule has 2 rings (SSSR count). The Labute approximate surface area is 125 Å². The van der Waals surface area contributed by atoms with Crippen LogP contribution in [0, 0.1) is 6.92 Å². The Balaban J connectivity index is 1.83. The average molecular weight is 286 g/mol. The SMILES string of the molecule is CCCc1nc(N)cc(NCCOc2cccc(C)c2)n1. The second kappa shape index (κ2) is 7.47. The van der Waals surface area contributed by atoms with E-state index < -0.39 is 0 Å². The molecule has 0 spiro atoms. The van der Waals surface area contributed by atoms with Gasteiger partial charge in [-0.05, 0) is 31.0 Å². The number of benzene rings is 1. The maximum absolute atomic E-state index is 5.78. The van der Waals surface area contributed by atoms with Gasteiger partial charge in [0.1, 0.15) is 29.8 Å². The van der Waals surface area contributed by atoms with Gasteiger partial charge in [-0.15, -0.1) is 0 Å². The van der Waals surface area contributed by atoms with Crippen LogP contribution in [0.25, 0.3) is 0 Å². The lowest BCUT2D eigenvalue weighted by molar-refractivity contribution is 0.332. The highest BCUT2D eigenvalue weighted by Gasteiger charge is 2.02. The molecule has 0 saturated heterocycles. The van der Waals surface area contributed by atoms with Crippen LogP contribution in [-0.4, -0.2) is 23.1 Å². The summed E-state index contributed by atoms with van der Waals surface area (Å²) in [5, 5.41) is 3.21. The molecule has 0 fully saturated rings. The lowest BCUT2D eigenvalue weighted by Gasteiger charge is -2.10. The number of nitrogens with two attached hydrogens (primary N) is 1. The van der Waals surface area contributed by atoms with Crippen LogP contribution in [0.1, 0.15) is 24.7 Å². The van der Waals surface area contributed by atoms with Gasteiger partial charge in [0.15, 0.2) is 0 Å². The van der Waals surface area contributed by atoms with E-state index in [1.165, 1.54) is 5.56 Å².